The summed E-state index contributed by atoms with van der Waals surface area (Å²) in [6.45, 7) is 3.64. The second-order valence-corrected chi connectivity index (χ2v) is 3.55. The van der Waals surface area contributed by atoms with Gasteiger partial charge in [0.15, 0.2) is 0 Å². The van der Waals surface area contributed by atoms with Crippen LogP contribution in [0.25, 0.3) is 0 Å². The molecule has 0 saturated heterocycles. The fourth-order valence-corrected chi connectivity index (χ4v) is 1.54. The number of hydrogen-bond acceptors (Lipinski definition) is 3. The predicted molar refractivity (Wildman–Crippen MR) is 65.2 cm³/mol. The summed E-state index contributed by atoms with van der Waals surface area (Å²) in [5, 5.41) is 3.26. The van der Waals surface area contributed by atoms with Crippen LogP contribution in [-0.2, 0) is 11.2 Å². The van der Waals surface area contributed by atoms with Gasteiger partial charge in [-0.1, -0.05) is 25.5 Å². The smallest absolute Gasteiger partial charge is 0.0635 e. The van der Waals surface area contributed by atoms with Gasteiger partial charge in [0.2, 0.25) is 0 Å². The second-order valence-electron chi connectivity index (χ2n) is 3.55. The van der Waals surface area contributed by atoms with Crippen LogP contribution in [0.3, 0.4) is 0 Å². The first-order chi connectivity index (χ1) is 7.29. The lowest BCUT2D eigenvalue weighted by atomic mass is 10.1. The third-order valence-corrected chi connectivity index (χ3v) is 2.34. The summed E-state index contributed by atoms with van der Waals surface area (Å²) >= 11 is 0. The van der Waals surface area contributed by atoms with Crippen LogP contribution < -0.4 is 11.1 Å². The Morgan fingerprint density at radius 3 is 2.87 bits per heavy atom. The SMILES string of the molecule is CCCc1cccc(NCCOC)c1N. The predicted octanol–water partition coefficient (Wildman–Crippen LogP) is 2.28. The number of hydrogen-bond donors (Lipinski definition) is 2. The molecule has 3 N–H and O–H groups in total. The Hall–Kier alpha value is -1.22. The number of rotatable bonds is 6. The molecule has 0 aliphatic rings. The first kappa shape index (κ1) is 11.9. The molecule has 0 unspecified atom stereocenters. The summed E-state index contributed by atoms with van der Waals surface area (Å²) in [6.07, 6.45) is 2.15. The molecule has 1 rings (SSSR count). The van der Waals surface area contributed by atoms with Crippen molar-refractivity contribution < 1.29 is 4.74 Å². The van der Waals surface area contributed by atoms with Gasteiger partial charge in [-0.3, -0.25) is 0 Å². The Labute approximate surface area is 91.6 Å². The number of nitrogens with two attached hydrogens (primary N) is 1. The van der Waals surface area contributed by atoms with Crippen molar-refractivity contribution in [2.24, 2.45) is 0 Å². The van der Waals surface area contributed by atoms with Gasteiger partial charge in [-0.05, 0) is 18.1 Å². The lowest BCUT2D eigenvalue weighted by molar-refractivity contribution is 0.211. The van der Waals surface area contributed by atoms with E-state index in [1.54, 1.807) is 7.11 Å². The Balaban J connectivity index is 2.66. The van der Waals surface area contributed by atoms with Crippen molar-refractivity contribution in [2.75, 3.05) is 31.3 Å². The monoisotopic (exact) mass is 208 g/mol. The number of nitrogen functional groups attached to an aromatic ring is 1. The highest BCUT2D eigenvalue weighted by molar-refractivity contribution is 5.69. The van der Waals surface area contributed by atoms with Crippen molar-refractivity contribution in [3.05, 3.63) is 23.8 Å². The topological polar surface area (TPSA) is 47.3 Å². The van der Waals surface area contributed by atoms with Crippen molar-refractivity contribution in [2.45, 2.75) is 19.8 Å². The molecule has 0 spiro atoms. The Bertz CT molecular complexity index is 300. The standard InChI is InChI=1S/C12H20N2O/c1-3-5-10-6-4-7-11(12(10)13)14-8-9-15-2/h4,6-7,14H,3,5,8-9,13H2,1-2H3. The van der Waals surface area contributed by atoms with Crippen molar-refractivity contribution in [1.29, 1.82) is 0 Å². The number of benzene rings is 1. The lowest BCUT2D eigenvalue weighted by Gasteiger charge is -2.12. The van der Waals surface area contributed by atoms with Gasteiger partial charge >= 0.3 is 0 Å². The van der Waals surface area contributed by atoms with Crippen LogP contribution in [0.2, 0.25) is 0 Å². The highest BCUT2D eigenvalue weighted by Gasteiger charge is 2.02. The molecule has 3 heteroatoms. The molecule has 15 heavy (non-hydrogen) atoms. The van der Waals surface area contributed by atoms with Crippen molar-refractivity contribution in [1.82, 2.24) is 0 Å². The van der Waals surface area contributed by atoms with Crippen LogP contribution >= 0.6 is 0 Å². The second kappa shape index (κ2) is 6.30. The molecule has 0 saturated carbocycles. The zero-order chi connectivity index (χ0) is 11.1. The van der Waals surface area contributed by atoms with Crippen LogP contribution in [0.1, 0.15) is 18.9 Å². The van der Waals surface area contributed by atoms with Crippen LogP contribution in [0.5, 0.6) is 0 Å². The molecule has 0 aliphatic carbocycles. The van der Waals surface area contributed by atoms with Crippen LogP contribution in [-0.4, -0.2) is 20.3 Å². The Morgan fingerprint density at radius 2 is 2.20 bits per heavy atom. The Kier molecular flexibility index (Phi) is 4.98. The maximum Gasteiger partial charge on any atom is 0.0635 e. The average molecular weight is 208 g/mol. The first-order valence-corrected chi connectivity index (χ1v) is 5.39. The number of para-hydroxylation sites is 1. The first-order valence-electron chi connectivity index (χ1n) is 5.39. The molecule has 0 atom stereocenters. The van der Waals surface area contributed by atoms with E-state index in [1.807, 2.05) is 12.1 Å². The summed E-state index contributed by atoms with van der Waals surface area (Å²) in [4.78, 5) is 0. The summed E-state index contributed by atoms with van der Waals surface area (Å²) < 4.78 is 4.98. The lowest BCUT2D eigenvalue weighted by Crippen LogP contribution is -2.10. The highest BCUT2D eigenvalue weighted by Crippen LogP contribution is 2.23. The highest BCUT2D eigenvalue weighted by atomic mass is 16.5. The molecule has 84 valence electrons. The molecule has 1 aromatic carbocycles. The molecule has 0 heterocycles. The van der Waals surface area contributed by atoms with Crippen LogP contribution in [0, 0.1) is 0 Å². The number of methoxy groups -OCH3 is 1. The zero-order valence-corrected chi connectivity index (χ0v) is 9.55. The van der Waals surface area contributed by atoms with Crippen LogP contribution in [0.15, 0.2) is 18.2 Å². The van der Waals surface area contributed by atoms with Crippen molar-refractivity contribution in [3.8, 4) is 0 Å². The van der Waals surface area contributed by atoms with E-state index in [1.165, 1.54) is 5.56 Å². The van der Waals surface area contributed by atoms with Gasteiger partial charge in [-0.15, -0.1) is 0 Å². The molecular weight excluding hydrogens is 188 g/mol. The van der Waals surface area contributed by atoms with Crippen molar-refractivity contribution in [3.63, 3.8) is 0 Å². The Morgan fingerprint density at radius 1 is 1.40 bits per heavy atom. The molecule has 1 aromatic rings. The molecule has 0 aromatic heterocycles. The molecule has 0 amide bonds. The number of aryl methyl sites for hydroxylation is 1. The molecule has 0 radical (unpaired) electrons. The van der Waals surface area contributed by atoms with Gasteiger partial charge in [0.05, 0.1) is 18.0 Å². The molecule has 3 nitrogen and oxygen atoms in total. The molecule has 0 bridgehead atoms. The quantitative estimate of drug-likeness (QED) is 0.557. The van der Waals surface area contributed by atoms with Gasteiger partial charge in [0.25, 0.3) is 0 Å². The van der Waals surface area contributed by atoms with Gasteiger partial charge in [-0.2, -0.15) is 0 Å². The van der Waals surface area contributed by atoms with Gasteiger partial charge < -0.3 is 15.8 Å². The molecule has 0 fully saturated rings. The third-order valence-electron chi connectivity index (χ3n) is 2.34. The van der Waals surface area contributed by atoms with E-state index in [0.717, 1.165) is 30.8 Å². The normalized spacial score (nSPS) is 10.3. The molecule has 0 aliphatic heterocycles. The fourth-order valence-electron chi connectivity index (χ4n) is 1.54. The third kappa shape index (κ3) is 3.44. The maximum absolute atomic E-state index is 6.05. The number of ether oxygens (including phenoxy) is 1. The zero-order valence-electron chi connectivity index (χ0n) is 9.55. The maximum atomic E-state index is 6.05. The van der Waals surface area contributed by atoms with Gasteiger partial charge in [0, 0.05) is 13.7 Å². The van der Waals surface area contributed by atoms with E-state index in [4.69, 9.17) is 10.5 Å². The van der Waals surface area contributed by atoms with Crippen molar-refractivity contribution >= 4 is 11.4 Å². The van der Waals surface area contributed by atoms with E-state index >= 15 is 0 Å². The van der Waals surface area contributed by atoms with E-state index < -0.39 is 0 Å². The molecular formula is C12H20N2O. The minimum absolute atomic E-state index is 0.692. The minimum Gasteiger partial charge on any atom is -0.397 e. The minimum atomic E-state index is 0.692. The van der Waals surface area contributed by atoms with Crippen LogP contribution in [0.4, 0.5) is 11.4 Å². The summed E-state index contributed by atoms with van der Waals surface area (Å²) in [5.41, 5.74) is 9.15. The van der Waals surface area contributed by atoms with E-state index in [9.17, 15) is 0 Å². The summed E-state index contributed by atoms with van der Waals surface area (Å²) in [6, 6.07) is 6.13. The number of nitrogens with one attached hydrogen (secondary N) is 1. The van der Waals surface area contributed by atoms with E-state index in [0.29, 0.717) is 6.61 Å². The van der Waals surface area contributed by atoms with Gasteiger partial charge in [-0.25, -0.2) is 0 Å². The van der Waals surface area contributed by atoms with Gasteiger partial charge in [0.1, 0.15) is 0 Å². The largest absolute Gasteiger partial charge is 0.397 e. The fraction of sp³-hybridized carbons (Fsp3) is 0.500. The summed E-state index contributed by atoms with van der Waals surface area (Å²) in [5.74, 6) is 0. The number of anilines is 2. The average Bonchev–Trinajstić information content (AvgIpc) is 2.24. The van der Waals surface area contributed by atoms with E-state index in [-0.39, 0.29) is 0 Å². The van der Waals surface area contributed by atoms with E-state index in [2.05, 4.69) is 18.3 Å². The summed E-state index contributed by atoms with van der Waals surface area (Å²) in [7, 11) is 1.69.